The summed E-state index contributed by atoms with van der Waals surface area (Å²) in [4.78, 5) is 15.5. The number of likely N-dealkylation sites (tertiary alicyclic amines) is 1. The highest BCUT2D eigenvalue weighted by Gasteiger charge is 2.30. The van der Waals surface area contributed by atoms with Crippen LogP contribution in [0, 0.1) is 5.92 Å². The summed E-state index contributed by atoms with van der Waals surface area (Å²) in [7, 11) is 1.64. The Balaban J connectivity index is 1.36. The molecule has 1 unspecified atom stereocenters. The maximum absolute atomic E-state index is 12.8. The molecule has 4 rings (SSSR count). The second-order valence-electron chi connectivity index (χ2n) is 8.86. The van der Waals surface area contributed by atoms with Gasteiger partial charge in [-0.3, -0.25) is 4.79 Å². The van der Waals surface area contributed by atoms with Gasteiger partial charge in [0.25, 0.3) is 5.91 Å². The average molecular weight is 407 g/mol. The molecule has 1 amide bonds. The van der Waals surface area contributed by atoms with Crippen molar-refractivity contribution in [2.75, 3.05) is 26.7 Å². The van der Waals surface area contributed by atoms with Crippen LogP contribution >= 0.6 is 0 Å². The summed E-state index contributed by atoms with van der Waals surface area (Å²) in [5.41, 5.74) is 2.18. The Hall–Kier alpha value is -2.33. The van der Waals surface area contributed by atoms with E-state index in [0.717, 1.165) is 25.3 Å². The van der Waals surface area contributed by atoms with Crippen molar-refractivity contribution in [1.82, 2.24) is 10.2 Å². The molecule has 2 fully saturated rings. The van der Waals surface area contributed by atoms with E-state index in [4.69, 9.17) is 4.74 Å². The predicted octanol–water partition coefficient (Wildman–Crippen LogP) is 4.86. The Kier molecular flexibility index (Phi) is 7.06. The molecule has 4 heteroatoms. The molecule has 0 bridgehead atoms. The van der Waals surface area contributed by atoms with Crippen molar-refractivity contribution in [2.45, 2.75) is 50.5 Å². The third-order valence-electron chi connectivity index (χ3n) is 6.85. The van der Waals surface area contributed by atoms with Gasteiger partial charge in [-0.25, -0.2) is 0 Å². The lowest BCUT2D eigenvalue weighted by Gasteiger charge is -2.39. The van der Waals surface area contributed by atoms with E-state index >= 15 is 0 Å². The molecule has 1 aliphatic carbocycles. The lowest BCUT2D eigenvalue weighted by atomic mass is 9.83. The van der Waals surface area contributed by atoms with E-state index in [2.05, 4.69) is 40.5 Å². The number of carbonyl (C=O) groups excluding carboxylic acids is 1. The smallest absolute Gasteiger partial charge is 0.251 e. The van der Waals surface area contributed by atoms with E-state index in [1.54, 1.807) is 7.11 Å². The van der Waals surface area contributed by atoms with Gasteiger partial charge in [0.2, 0.25) is 0 Å². The summed E-state index contributed by atoms with van der Waals surface area (Å²) in [5, 5.41) is 3.35. The molecule has 1 saturated carbocycles. The van der Waals surface area contributed by atoms with E-state index < -0.39 is 0 Å². The second-order valence-corrected chi connectivity index (χ2v) is 8.86. The van der Waals surface area contributed by atoms with Crippen LogP contribution in [0.3, 0.4) is 0 Å². The number of ether oxygens (including phenoxy) is 1. The van der Waals surface area contributed by atoms with Gasteiger partial charge in [-0.15, -0.1) is 0 Å². The maximum atomic E-state index is 12.8. The minimum Gasteiger partial charge on any atom is -0.497 e. The molecule has 160 valence electrons. The molecule has 1 N–H and O–H groups in total. The number of nitrogens with one attached hydrogen (secondary N) is 1. The zero-order valence-corrected chi connectivity index (χ0v) is 18.1. The fraction of sp³-hybridized carbons (Fsp3) is 0.500. The number of hydrogen-bond donors (Lipinski definition) is 1. The van der Waals surface area contributed by atoms with Crippen LogP contribution in [0.4, 0.5) is 0 Å². The largest absolute Gasteiger partial charge is 0.497 e. The van der Waals surface area contributed by atoms with Crippen molar-refractivity contribution < 1.29 is 9.53 Å². The highest BCUT2D eigenvalue weighted by molar-refractivity contribution is 5.94. The molecule has 30 heavy (non-hydrogen) atoms. The Bertz CT molecular complexity index is 806. The fourth-order valence-electron chi connectivity index (χ4n) is 5.16. The van der Waals surface area contributed by atoms with Crippen LogP contribution in [0.25, 0.3) is 0 Å². The quantitative estimate of drug-likeness (QED) is 0.745. The highest BCUT2D eigenvalue weighted by atomic mass is 16.5. The van der Waals surface area contributed by atoms with Crippen molar-refractivity contribution in [3.8, 4) is 5.75 Å². The first-order valence-electron chi connectivity index (χ1n) is 11.4. The number of amides is 1. The normalized spacial score (nSPS) is 24.9. The Labute approximate surface area is 180 Å². The highest BCUT2D eigenvalue weighted by Crippen LogP contribution is 2.30. The zero-order chi connectivity index (χ0) is 20.8. The molecule has 4 nitrogen and oxygen atoms in total. The number of methoxy groups -OCH3 is 1. The Morgan fingerprint density at radius 2 is 1.77 bits per heavy atom. The molecule has 2 aromatic carbocycles. The Morgan fingerprint density at radius 3 is 2.53 bits per heavy atom. The molecular weight excluding hydrogens is 372 g/mol. The molecule has 2 aliphatic rings. The van der Waals surface area contributed by atoms with Gasteiger partial charge >= 0.3 is 0 Å². The van der Waals surface area contributed by atoms with Crippen LogP contribution in [0.1, 0.15) is 60.4 Å². The van der Waals surface area contributed by atoms with Crippen molar-refractivity contribution in [3.05, 3.63) is 65.7 Å². The van der Waals surface area contributed by atoms with E-state index in [1.807, 2.05) is 24.3 Å². The number of nitrogens with zero attached hydrogens (tertiary/aromatic N) is 1. The predicted molar refractivity (Wildman–Crippen MR) is 121 cm³/mol. The van der Waals surface area contributed by atoms with Gasteiger partial charge in [0.05, 0.1) is 7.11 Å². The molecular formula is C26H34N2O2. The molecule has 1 heterocycles. The van der Waals surface area contributed by atoms with Crippen LogP contribution in [0.5, 0.6) is 5.75 Å². The molecule has 0 aromatic heterocycles. The Morgan fingerprint density at radius 1 is 1.00 bits per heavy atom. The van der Waals surface area contributed by atoms with Gasteiger partial charge in [-0.1, -0.05) is 43.2 Å². The third-order valence-corrected chi connectivity index (χ3v) is 6.85. The summed E-state index contributed by atoms with van der Waals surface area (Å²) in [6.45, 7) is 3.41. The van der Waals surface area contributed by atoms with Gasteiger partial charge in [0.15, 0.2) is 0 Å². The number of carbonyl (C=O) groups is 1. The molecule has 1 saturated heterocycles. The number of piperidine rings is 1. The van der Waals surface area contributed by atoms with Gasteiger partial charge in [-0.2, -0.15) is 0 Å². The second kappa shape index (κ2) is 10.1. The van der Waals surface area contributed by atoms with Gasteiger partial charge in [0.1, 0.15) is 5.75 Å². The van der Waals surface area contributed by atoms with Crippen molar-refractivity contribution in [2.24, 2.45) is 5.92 Å². The summed E-state index contributed by atoms with van der Waals surface area (Å²) >= 11 is 0. The van der Waals surface area contributed by atoms with E-state index in [-0.39, 0.29) is 11.9 Å². The standard InChI is InChI=1S/C26H34N2O2/c1-30-24-15-13-21(14-16-24)26(29)27-25-12-6-5-10-23(25)19-28-17-7-11-22(18-28)20-8-3-2-4-9-20/h2-4,8-9,13-16,22-23,25H,5-7,10-12,17-19H2,1H3,(H,27,29)/t22?,23-,25+/m0/s1. The van der Waals surface area contributed by atoms with Gasteiger partial charge in [0, 0.05) is 24.7 Å². The van der Waals surface area contributed by atoms with E-state index in [1.165, 1.54) is 44.2 Å². The van der Waals surface area contributed by atoms with Crippen LogP contribution < -0.4 is 10.1 Å². The van der Waals surface area contributed by atoms with E-state index in [9.17, 15) is 4.79 Å². The van der Waals surface area contributed by atoms with Crippen molar-refractivity contribution >= 4 is 5.91 Å². The topological polar surface area (TPSA) is 41.6 Å². The van der Waals surface area contributed by atoms with Crippen LogP contribution in [0.15, 0.2) is 54.6 Å². The summed E-state index contributed by atoms with van der Waals surface area (Å²) in [6, 6.07) is 18.6. The lowest BCUT2D eigenvalue weighted by molar-refractivity contribution is 0.0872. The lowest BCUT2D eigenvalue weighted by Crippen LogP contribution is -2.48. The molecule has 0 spiro atoms. The van der Waals surface area contributed by atoms with Crippen LogP contribution in [-0.2, 0) is 0 Å². The molecule has 1 aliphatic heterocycles. The zero-order valence-electron chi connectivity index (χ0n) is 18.1. The SMILES string of the molecule is COc1ccc(C(=O)N[C@@H]2CCCC[C@H]2CN2CCCC(c3ccccc3)C2)cc1. The monoisotopic (exact) mass is 406 g/mol. The van der Waals surface area contributed by atoms with Gasteiger partial charge < -0.3 is 15.0 Å². The number of hydrogen-bond acceptors (Lipinski definition) is 3. The first-order chi connectivity index (χ1) is 14.7. The molecule has 0 radical (unpaired) electrons. The molecule has 2 aromatic rings. The van der Waals surface area contributed by atoms with Crippen LogP contribution in [0.2, 0.25) is 0 Å². The summed E-state index contributed by atoms with van der Waals surface area (Å²) < 4.78 is 5.20. The van der Waals surface area contributed by atoms with Crippen LogP contribution in [-0.4, -0.2) is 43.6 Å². The molecule has 3 atom stereocenters. The van der Waals surface area contributed by atoms with E-state index in [0.29, 0.717) is 17.4 Å². The van der Waals surface area contributed by atoms with Gasteiger partial charge in [-0.05, 0) is 73.9 Å². The average Bonchev–Trinajstić information content (AvgIpc) is 2.81. The third kappa shape index (κ3) is 5.23. The summed E-state index contributed by atoms with van der Waals surface area (Å²) in [5.74, 6) is 1.99. The minimum atomic E-state index is 0.0374. The summed E-state index contributed by atoms with van der Waals surface area (Å²) in [6.07, 6.45) is 7.31. The number of benzene rings is 2. The first kappa shape index (κ1) is 20.9. The number of rotatable bonds is 6. The fourth-order valence-corrected chi connectivity index (χ4v) is 5.16. The van der Waals surface area contributed by atoms with Crippen molar-refractivity contribution in [1.29, 1.82) is 0 Å². The van der Waals surface area contributed by atoms with Crippen molar-refractivity contribution in [3.63, 3.8) is 0 Å². The first-order valence-corrected chi connectivity index (χ1v) is 11.4. The minimum absolute atomic E-state index is 0.0374. The maximum Gasteiger partial charge on any atom is 0.251 e.